The van der Waals surface area contributed by atoms with E-state index >= 15 is 0 Å². The van der Waals surface area contributed by atoms with Gasteiger partial charge in [0.1, 0.15) is 6.61 Å². The number of para-hydroxylation sites is 2. The van der Waals surface area contributed by atoms with Crippen molar-refractivity contribution in [2.45, 2.75) is 6.10 Å². The first-order valence-corrected chi connectivity index (χ1v) is 8.70. The van der Waals surface area contributed by atoms with Gasteiger partial charge >= 0.3 is 5.97 Å². The van der Waals surface area contributed by atoms with Gasteiger partial charge in [-0.3, -0.25) is 4.79 Å². The summed E-state index contributed by atoms with van der Waals surface area (Å²) in [6.07, 6.45) is -0.945. The molecule has 0 fully saturated rings. The van der Waals surface area contributed by atoms with Crippen LogP contribution in [-0.2, 0) is 14.3 Å². The van der Waals surface area contributed by atoms with E-state index in [0.29, 0.717) is 34.4 Å². The molecule has 0 spiro atoms. The Bertz CT molecular complexity index is 873. The van der Waals surface area contributed by atoms with Crippen molar-refractivity contribution in [2.24, 2.45) is 0 Å². The number of nitrogens with one attached hydrogen (secondary N) is 1. The Morgan fingerprint density at radius 1 is 1.03 bits per heavy atom. The monoisotopic (exact) mass is 403 g/mol. The first kappa shape index (κ1) is 20.1. The molecule has 9 nitrogen and oxygen atoms in total. The number of rotatable bonds is 7. The number of hydrogen-bond donors (Lipinski definition) is 1. The normalized spacial score (nSPS) is 14.5. The van der Waals surface area contributed by atoms with Crippen LogP contribution in [0.25, 0.3) is 0 Å². The molecular weight excluding hydrogens is 382 g/mol. The third-order valence-electron chi connectivity index (χ3n) is 4.07. The van der Waals surface area contributed by atoms with E-state index in [1.54, 1.807) is 36.4 Å². The maximum absolute atomic E-state index is 12.2. The van der Waals surface area contributed by atoms with Crippen molar-refractivity contribution in [2.75, 3.05) is 39.9 Å². The van der Waals surface area contributed by atoms with Crippen molar-refractivity contribution in [3.05, 3.63) is 36.4 Å². The van der Waals surface area contributed by atoms with Gasteiger partial charge in [-0.05, 0) is 12.1 Å². The molecule has 3 rings (SSSR count). The zero-order valence-corrected chi connectivity index (χ0v) is 16.2. The molecule has 1 aliphatic heterocycles. The first-order valence-electron chi connectivity index (χ1n) is 8.70. The van der Waals surface area contributed by atoms with E-state index in [9.17, 15) is 9.59 Å². The van der Waals surface area contributed by atoms with E-state index in [1.807, 2.05) is 0 Å². The second kappa shape index (κ2) is 9.05. The fraction of sp³-hybridized carbons (Fsp3) is 0.300. The molecule has 1 heterocycles. The molecule has 0 radical (unpaired) electrons. The minimum Gasteiger partial charge on any atom is -0.493 e. The Balaban J connectivity index is 1.57. The van der Waals surface area contributed by atoms with Crippen LogP contribution in [0.1, 0.15) is 0 Å². The third kappa shape index (κ3) is 4.63. The topological polar surface area (TPSA) is 102 Å². The van der Waals surface area contributed by atoms with E-state index in [2.05, 4.69) is 5.32 Å². The van der Waals surface area contributed by atoms with Crippen molar-refractivity contribution >= 4 is 17.6 Å². The summed E-state index contributed by atoms with van der Waals surface area (Å²) >= 11 is 0. The van der Waals surface area contributed by atoms with Crippen LogP contribution in [-0.4, -0.2) is 52.5 Å². The van der Waals surface area contributed by atoms with Crippen LogP contribution in [0.3, 0.4) is 0 Å². The minimum absolute atomic E-state index is 0.00431. The first-order chi connectivity index (χ1) is 14.0. The fourth-order valence-electron chi connectivity index (χ4n) is 2.72. The van der Waals surface area contributed by atoms with Gasteiger partial charge in [0.2, 0.25) is 11.9 Å². The Morgan fingerprint density at radius 3 is 2.31 bits per heavy atom. The van der Waals surface area contributed by atoms with Crippen molar-refractivity contribution in [1.29, 1.82) is 0 Å². The predicted molar refractivity (Wildman–Crippen MR) is 102 cm³/mol. The van der Waals surface area contributed by atoms with Crippen LogP contribution >= 0.6 is 0 Å². The van der Waals surface area contributed by atoms with Crippen LogP contribution in [0.15, 0.2) is 36.4 Å². The lowest BCUT2D eigenvalue weighted by molar-refractivity contribution is -0.156. The number of amides is 1. The van der Waals surface area contributed by atoms with Crippen molar-refractivity contribution in [3.8, 4) is 28.7 Å². The van der Waals surface area contributed by atoms with Crippen molar-refractivity contribution in [3.63, 3.8) is 0 Å². The Morgan fingerprint density at radius 2 is 1.69 bits per heavy atom. The molecule has 1 atom stereocenters. The molecule has 0 aromatic heterocycles. The minimum atomic E-state index is -0.945. The summed E-state index contributed by atoms with van der Waals surface area (Å²) in [4.78, 5) is 24.4. The summed E-state index contributed by atoms with van der Waals surface area (Å²) in [5.41, 5.74) is 0.395. The fourth-order valence-corrected chi connectivity index (χ4v) is 2.72. The zero-order chi connectivity index (χ0) is 20.8. The highest BCUT2D eigenvalue weighted by Gasteiger charge is 2.29. The maximum Gasteiger partial charge on any atom is 0.351 e. The van der Waals surface area contributed by atoms with Crippen LogP contribution in [0.4, 0.5) is 5.69 Å². The van der Waals surface area contributed by atoms with Crippen LogP contribution in [0.5, 0.6) is 28.7 Å². The number of hydrogen-bond acceptors (Lipinski definition) is 8. The highest BCUT2D eigenvalue weighted by atomic mass is 16.6. The third-order valence-corrected chi connectivity index (χ3v) is 4.07. The lowest BCUT2D eigenvalue weighted by Crippen LogP contribution is -2.39. The molecule has 1 amide bonds. The molecule has 9 heteroatoms. The van der Waals surface area contributed by atoms with Gasteiger partial charge in [0.05, 0.1) is 21.3 Å². The van der Waals surface area contributed by atoms with Gasteiger partial charge in [-0.1, -0.05) is 12.1 Å². The van der Waals surface area contributed by atoms with E-state index < -0.39 is 24.6 Å². The number of methoxy groups -OCH3 is 3. The van der Waals surface area contributed by atoms with E-state index in [4.69, 9.17) is 28.4 Å². The average molecular weight is 403 g/mol. The van der Waals surface area contributed by atoms with Gasteiger partial charge in [-0.2, -0.15) is 0 Å². The Labute approximate surface area is 167 Å². The predicted octanol–water partition coefficient (Wildman–Crippen LogP) is 2.03. The Kier molecular flexibility index (Phi) is 6.28. The van der Waals surface area contributed by atoms with Gasteiger partial charge in [0.15, 0.2) is 29.6 Å². The summed E-state index contributed by atoms with van der Waals surface area (Å²) in [5.74, 6) is 0.925. The second-order valence-corrected chi connectivity index (χ2v) is 5.93. The lowest BCUT2D eigenvalue weighted by atomic mass is 10.2. The molecule has 0 saturated heterocycles. The number of anilines is 1. The summed E-state index contributed by atoms with van der Waals surface area (Å²) in [5, 5.41) is 2.61. The van der Waals surface area contributed by atoms with Gasteiger partial charge < -0.3 is 33.7 Å². The molecular formula is C20H21NO8. The molecule has 154 valence electrons. The quantitative estimate of drug-likeness (QED) is 0.701. The van der Waals surface area contributed by atoms with Gasteiger partial charge in [-0.25, -0.2) is 4.79 Å². The molecule has 0 bridgehead atoms. The standard InChI is InChI=1S/C20H21NO8/c1-24-15-8-12(9-16(25-2)19(15)26-3)21-18(22)11-28-20(23)17-10-27-13-6-4-5-7-14(13)29-17/h4-9,17H,10-11H2,1-3H3,(H,21,22). The van der Waals surface area contributed by atoms with E-state index in [1.165, 1.54) is 21.3 Å². The smallest absolute Gasteiger partial charge is 0.351 e. The van der Waals surface area contributed by atoms with Crippen LogP contribution < -0.4 is 29.0 Å². The summed E-state index contributed by atoms with van der Waals surface area (Å²) in [6, 6.07) is 10.1. The number of ether oxygens (including phenoxy) is 6. The lowest BCUT2D eigenvalue weighted by Gasteiger charge is -2.24. The van der Waals surface area contributed by atoms with E-state index in [-0.39, 0.29) is 6.61 Å². The van der Waals surface area contributed by atoms with Crippen LogP contribution in [0.2, 0.25) is 0 Å². The van der Waals surface area contributed by atoms with Crippen molar-refractivity contribution in [1.82, 2.24) is 0 Å². The average Bonchev–Trinajstić information content (AvgIpc) is 2.76. The number of carbonyl (C=O) groups excluding carboxylic acids is 2. The molecule has 1 unspecified atom stereocenters. The Hall–Kier alpha value is -3.62. The molecule has 0 saturated carbocycles. The molecule has 0 aliphatic carbocycles. The summed E-state index contributed by atoms with van der Waals surface area (Å²) < 4.78 is 31.8. The number of carbonyl (C=O) groups is 2. The van der Waals surface area contributed by atoms with Gasteiger partial charge in [0, 0.05) is 17.8 Å². The number of esters is 1. The van der Waals surface area contributed by atoms with Crippen molar-refractivity contribution < 1.29 is 38.0 Å². The molecule has 1 aliphatic rings. The molecule has 29 heavy (non-hydrogen) atoms. The number of benzene rings is 2. The van der Waals surface area contributed by atoms with Gasteiger partial charge in [-0.15, -0.1) is 0 Å². The number of fused-ring (bicyclic) bond motifs is 1. The highest BCUT2D eigenvalue weighted by molar-refractivity contribution is 5.93. The summed E-state index contributed by atoms with van der Waals surface area (Å²) in [6.45, 7) is -0.485. The SMILES string of the molecule is COc1cc(NC(=O)COC(=O)C2COc3ccccc3O2)cc(OC)c1OC. The molecule has 2 aromatic carbocycles. The molecule has 2 aromatic rings. The van der Waals surface area contributed by atoms with E-state index in [0.717, 1.165) is 0 Å². The molecule has 1 N–H and O–H groups in total. The van der Waals surface area contributed by atoms with Crippen LogP contribution in [0, 0.1) is 0 Å². The second-order valence-electron chi connectivity index (χ2n) is 5.93. The zero-order valence-electron chi connectivity index (χ0n) is 16.2. The highest BCUT2D eigenvalue weighted by Crippen LogP contribution is 2.39. The largest absolute Gasteiger partial charge is 0.493 e. The summed E-state index contributed by atoms with van der Waals surface area (Å²) in [7, 11) is 4.41. The maximum atomic E-state index is 12.2. The van der Waals surface area contributed by atoms with Gasteiger partial charge in [0.25, 0.3) is 5.91 Å².